The van der Waals surface area contributed by atoms with Crippen molar-refractivity contribution in [3.05, 3.63) is 11.3 Å². The standard InChI is InChI=1S/C19H43NO2Si2/c1-19(2,17-20(11-13-21-3)12-14-22-4)18(15-23(5,6)7)16-24(8,9)10/h15H,11-14,16-17H2,1-10H3/b18-15+. The smallest absolute Gasteiger partial charge is 0.0686 e. The van der Waals surface area contributed by atoms with E-state index < -0.39 is 16.1 Å². The maximum Gasteiger partial charge on any atom is 0.0686 e. The lowest BCUT2D eigenvalue weighted by Gasteiger charge is -2.38. The molecule has 0 fully saturated rings. The van der Waals surface area contributed by atoms with Crippen LogP contribution in [0.3, 0.4) is 0 Å². The molecule has 0 saturated heterocycles. The number of rotatable bonds is 12. The predicted octanol–water partition coefficient (Wildman–Crippen LogP) is 4.75. The summed E-state index contributed by atoms with van der Waals surface area (Å²) in [6, 6.07) is 1.30. The van der Waals surface area contributed by atoms with Gasteiger partial charge in [-0.25, -0.2) is 0 Å². The highest BCUT2D eigenvalue weighted by atomic mass is 28.3. The molecule has 0 spiro atoms. The molecule has 0 heterocycles. The van der Waals surface area contributed by atoms with Crippen LogP contribution in [-0.2, 0) is 9.47 Å². The van der Waals surface area contributed by atoms with Gasteiger partial charge in [-0.2, -0.15) is 0 Å². The molecule has 0 bridgehead atoms. The van der Waals surface area contributed by atoms with E-state index >= 15 is 0 Å². The summed E-state index contributed by atoms with van der Waals surface area (Å²) in [5, 5.41) is 0. The minimum atomic E-state index is -1.24. The van der Waals surface area contributed by atoms with Crippen LogP contribution in [0.25, 0.3) is 0 Å². The van der Waals surface area contributed by atoms with Crippen LogP contribution in [0, 0.1) is 5.41 Å². The van der Waals surface area contributed by atoms with E-state index in [1.54, 1.807) is 19.8 Å². The molecular formula is C19H43NO2Si2. The molecule has 0 aliphatic heterocycles. The molecule has 24 heavy (non-hydrogen) atoms. The van der Waals surface area contributed by atoms with E-state index in [0.717, 1.165) is 32.8 Å². The summed E-state index contributed by atoms with van der Waals surface area (Å²) in [4.78, 5) is 2.50. The Morgan fingerprint density at radius 2 is 1.38 bits per heavy atom. The SMILES string of the molecule is COCCN(CCOC)CC(C)(C)/C(=C/[Si](C)(C)C)C[Si](C)(C)C. The minimum Gasteiger partial charge on any atom is -0.383 e. The van der Waals surface area contributed by atoms with E-state index in [4.69, 9.17) is 9.47 Å². The van der Waals surface area contributed by atoms with E-state index in [0.29, 0.717) is 0 Å². The lowest BCUT2D eigenvalue weighted by Crippen LogP contribution is -2.41. The van der Waals surface area contributed by atoms with Crippen LogP contribution >= 0.6 is 0 Å². The van der Waals surface area contributed by atoms with Gasteiger partial charge in [-0.1, -0.05) is 64.4 Å². The summed E-state index contributed by atoms with van der Waals surface area (Å²) in [6.45, 7) is 24.2. The first-order valence-electron chi connectivity index (χ1n) is 9.23. The summed E-state index contributed by atoms with van der Waals surface area (Å²) in [6.07, 6.45) is 0. The molecule has 0 rings (SSSR count). The van der Waals surface area contributed by atoms with Crippen LogP contribution in [0.2, 0.25) is 45.3 Å². The van der Waals surface area contributed by atoms with Crippen LogP contribution in [-0.4, -0.2) is 68.1 Å². The first-order valence-corrected chi connectivity index (χ1v) is 16.5. The Morgan fingerprint density at radius 3 is 1.71 bits per heavy atom. The Kier molecular flexibility index (Phi) is 10.3. The van der Waals surface area contributed by atoms with E-state index in [1.807, 2.05) is 0 Å². The van der Waals surface area contributed by atoms with Crippen LogP contribution in [0.15, 0.2) is 11.3 Å². The maximum atomic E-state index is 5.31. The zero-order valence-corrected chi connectivity index (χ0v) is 20.1. The molecule has 0 saturated carbocycles. The second kappa shape index (κ2) is 10.3. The summed E-state index contributed by atoms with van der Waals surface area (Å²) in [5.41, 5.74) is 4.54. The molecule has 0 unspecified atom stereocenters. The second-order valence-corrected chi connectivity index (χ2v) is 20.4. The first-order chi connectivity index (χ1) is 10.8. The van der Waals surface area contributed by atoms with Gasteiger partial charge in [0.05, 0.1) is 21.3 Å². The third kappa shape index (κ3) is 11.6. The average Bonchev–Trinajstić information content (AvgIpc) is 2.37. The molecule has 0 atom stereocenters. The molecule has 5 heteroatoms. The molecule has 144 valence electrons. The monoisotopic (exact) mass is 373 g/mol. The topological polar surface area (TPSA) is 21.7 Å². The Balaban J connectivity index is 5.34. The highest BCUT2D eigenvalue weighted by Gasteiger charge is 2.31. The van der Waals surface area contributed by atoms with Gasteiger partial charge < -0.3 is 9.47 Å². The summed E-state index contributed by atoms with van der Waals surface area (Å²) in [5.74, 6) is 0. The molecule has 0 amide bonds. The fourth-order valence-electron chi connectivity index (χ4n) is 2.95. The van der Waals surface area contributed by atoms with E-state index in [1.165, 1.54) is 6.04 Å². The van der Waals surface area contributed by atoms with E-state index in [2.05, 4.69) is 63.7 Å². The largest absolute Gasteiger partial charge is 0.383 e. The van der Waals surface area contributed by atoms with Crippen LogP contribution in [0.1, 0.15) is 13.8 Å². The van der Waals surface area contributed by atoms with E-state index in [9.17, 15) is 0 Å². The molecule has 0 aromatic carbocycles. The van der Waals surface area contributed by atoms with Gasteiger partial charge in [0, 0.05) is 41.9 Å². The summed E-state index contributed by atoms with van der Waals surface area (Å²) >= 11 is 0. The van der Waals surface area contributed by atoms with Crippen LogP contribution in [0.4, 0.5) is 0 Å². The van der Waals surface area contributed by atoms with Crippen molar-refractivity contribution in [2.45, 2.75) is 59.2 Å². The molecule has 3 nitrogen and oxygen atoms in total. The molecular weight excluding hydrogens is 330 g/mol. The number of methoxy groups -OCH3 is 2. The van der Waals surface area contributed by atoms with Crippen molar-refractivity contribution in [1.29, 1.82) is 0 Å². The van der Waals surface area contributed by atoms with Crippen molar-refractivity contribution in [2.75, 3.05) is 47.1 Å². The lowest BCUT2D eigenvalue weighted by molar-refractivity contribution is 0.0960. The highest BCUT2D eigenvalue weighted by molar-refractivity contribution is 6.81. The van der Waals surface area contributed by atoms with Crippen molar-refractivity contribution >= 4 is 16.1 Å². The number of nitrogens with zero attached hydrogens (tertiary/aromatic N) is 1. The Morgan fingerprint density at radius 1 is 0.917 bits per heavy atom. The van der Waals surface area contributed by atoms with Gasteiger partial charge in [-0.15, -0.1) is 0 Å². The first kappa shape index (κ1) is 24.1. The molecule has 0 aliphatic rings. The van der Waals surface area contributed by atoms with Crippen molar-refractivity contribution in [2.24, 2.45) is 5.41 Å². The zero-order chi connectivity index (χ0) is 19.0. The Bertz CT molecular complexity index is 374. The minimum absolute atomic E-state index is 0.196. The van der Waals surface area contributed by atoms with Gasteiger partial charge in [0.25, 0.3) is 0 Å². The normalized spacial score (nSPS) is 14.5. The van der Waals surface area contributed by atoms with Crippen molar-refractivity contribution in [3.8, 4) is 0 Å². The van der Waals surface area contributed by atoms with Gasteiger partial charge in [0.1, 0.15) is 0 Å². The highest BCUT2D eigenvalue weighted by Crippen LogP contribution is 2.35. The quantitative estimate of drug-likeness (QED) is 0.461. The Hall–Kier alpha value is 0.0538. The fraction of sp³-hybridized carbons (Fsp3) is 0.895. The van der Waals surface area contributed by atoms with Crippen molar-refractivity contribution in [1.82, 2.24) is 4.90 Å². The fourth-order valence-corrected chi connectivity index (χ4v) is 6.42. The number of hydrogen-bond acceptors (Lipinski definition) is 3. The summed E-state index contributed by atoms with van der Waals surface area (Å²) in [7, 11) is 1.17. The van der Waals surface area contributed by atoms with Crippen LogP contribution < -0.4 is 0 Å². The molecule has 0 aromatic heterocycles. The number of hydrogen-bond donors (Lipinski definition) is 0. The van der Waals surface area contributed by atoms with Gasteiger partial charge in [-0.3, -0.25) is 4.90 Å². The van der Waals surface area contributed by atoms with Gasteiger partial charge in [0.2, 0.25) is 0 Å². The molecule has 0 N–H and O–H groups in total. The molecule has 0 aliphatic carbocycles. The van der Waals surface area contributed by atoms with Gasteiger partial charge in [0.15, 0.2) is 0 Å². The average molecular weight is 374 g/mol. The van der Waals surface area contributed by atoms with Gasteiger partial charge in [-0.05, 0) is 11.5 Å². The third-order valence-electron chi connectivity index (χ3n) is 4.04. The Labute approximate surface area is 153 Å². The summed E-state index contributed by atoms with van der Waals surface area (Å²) < 4.78 is 10.6. The van der Waals surface area contributed by atoms with Crippen molar-refractivity contribution in [3.63, 3.8) is 0 Å². The van der Waals surface area contributed by atoms with Crippen molar-refractivity contribution < 1.29 is 9.47 Å². The third-order valence-corrected chi connectivity index (χ3v) is 6.70. The van der Waals surface area contributed by atoms with E-state index in [-0.39, 0.29) is 5.41 Å². The number of ether oxygens (including phenoxy) is 2. The maximum absolute atomic E-state index is 5.31. The lowest BCUT2D eigenvalue weighted by atomic mass is 9.85. The molecule has 0 aromatic rings. The predicted molar refractivity (Wildman–Crippen MR) is 114 cm³/mol. The zero-order valence-electron chi connectivity index (χ0n) is 18.1. The van der Waals surface area contributed by atoms with Gasteiger partial charge >= 0.3 is 0 Å². The second-order valence-electron chi connectivity index (χ2n) is 9.92. The van der Waals surface area contributed by atoms with Crippen LogP contribution in [0.5, 0.6) is 0 Å². The molecule has 0 radical (unpaired) electrons.